The number of hydrogen-bond acceptors (Lipinski definition) is 2. The van der Waals surface area contributed by atoms with E-state index < -0.39 is 0 Å². The Bertz CT molecular complexity index is 365. The lowest BCUT2D eigenvalue weighted by Gasteiger charge is -2.28. The van der Waals surface area contributed by atoms with Gasteiger partial charge < -0.3 is 9.88 Å². The van der Waals surface area contributed by atoms with E-state index in [1.54, 1.807) is 0 Å². The summed E-state index contributed by atoms with van der Waals surface area (Å²) in [5.41, 5.74) is 1.51. The number of rotatable bonds is 2. The molecule has 4 heteroatoms. The van der Waals surface area contributed by atoms with Crippen LogP contribution in [0.5, 0.6) is 0 Å². The van der Waals surface area contributed by atoms with Crippen molar-refractivity contribution in [2.75, 3.05) is 6.54 Å². The summed E-state index contributed by atoms with van der Waals surface area (Å²) < 4.78 is 2.30. The van der Waals surface area contributed by atoms with Crippen LogP contribution in [0.4, 0.5) is 0 Å². The number of aromatic nitrogens is 2. The first-order valence-electron chi connectivity index (χ1n) is 6.20. The maximum atomic E-state index is 4.53. The van der Waals surface area contributed by atoms with Gasteiger partial charge in [0.1, 0.15) is 5.82 Å². The zero-order valence-corrected chi connectivity index (χ0v) is 12.1. The van der Waals surface area contributed by atoms with Gasteiger partial charge in [-0.3, -0.25) is 0 Å². The van der Waals surface area contributed by atoms with Crippen molar-refractivity contribution in [3.05, 3.63) is 17.7 Å². The lowest BCUT2D eigenvalue weighted by Crippen LogP contribution is -2.41. The SMILES string of the molecule is Cc1cn2c(n1)CCC(NCC(C)(C)C)C2.Cl. The first kappa shape index (κ1) is 14.5. The van der Waals surface area contributed by atoms with Crippen molar-refractivity contribution in [3.63, 3.8) is 0 Å². The van der Waals surface area contributed by atoms with E-state index >= 15 is 0 Å². The molecule has 1 aromatic heterocycles. The Hall–Kier alpha value is -0.540. The van der Waals surface area contributed by atoms with Gasteiger partial charge in [-0.2, -0.15) is 0 Å². The number of nitrogens with zero attached hydrogens (tertiary/aromatic N) is 2. The minimum atomic E-state index is 0. The van der Waals surface area contributed by atoms with Gasteiger partial charge in [-0.15, -0.1) is 12.4 Å². The van der Waals surface area contributed by atoms with E-state index in [1.165, 1.54) is 12.2 Å². The molecule has 1 unspecified atom stereocenters. The largest absolute Gasteiger partial charge is 0.333 e. The fraction of sp³-hybridized carbons (Fsp3) is 0.769. The van der Waals surface area contributed by atoms with Crippen molar-refractivity contribution in [1.29, 1.82) is 0 Å². The summed E-state index contributed by atoms with van der Waals surface area (Å²) in [6.45, 7) is 11.1. The number of aryl methyl sites for hydroxylation is 2. The molecule has 2 rings (SSSR count). The second-order valence-electron chi connectivity index (χ2n) is 6.13. The predicted octanol–water partition coefficient (Wildman–Crippen LogP) is 2.56. The number of imidazole rings is 1. The molecule has 1 aliphatic heterocycles. The summed E-state index contributed by atoms with van der Waals surface area (Å²) in [5.74, 6) is 1.26. The number of fused-ring (bicyclic) bond motifs is 1. The van der Waals surface area contributed by atoms with Gasteiger partial charge >= 0.3 is 0 Å². The molecule has 98 valence electrons. The van der Waals surface area contributed by atoms with Crippen LogP contribution < -0.4 is 5.32 Å². The predicted molar refractivity (Wildman–Crippen MR) is 73.8 cm³/mol. The van der Waals surface area contributed by atoms with Crippen molar-refractivity contribution in [2.24, 2.45) is 5.41 Å². The van der Waals surface area contributed by atoms with Crippen LogP contribution in [0.15, 0.2) is 6.20 Å². The molecule has 0 bridgehead atoms. The molecule has 0 radical (unpaired) electrons. The summed E-state index contributed by atoms with van der Waals surface area (Å²) in [5, 5.41) is 3.66. The third-order valence-corrected chi connectivity index (χ3v) is 3.03. The van der Waals surface area contributed by atoms with Crippen LogP contribution in [-0.4, -0.2) is 22.1 Å². The van der Waals surface area contributed by atoms with Crippen LogP contribution in [-0.2, 0) is 13.0 Å². The molecule has 0 fully saturated rings. The summed E-state index contributed by atoms with van der Waals surface area (Å²) in [6, 6.07) is 0.611. The standard InChI is InChI=1S/C13H23N3.ClH/c1-10-7-16-8-11(5-6-12(16)15-10)14-9-13(2,3)4;/h7,11,14H,5-6,8-9H2,1-4H3;1H. The summed E-state index contributed by atoms with van der Waals surface area (Å²) >= 11 is 0. The van der Waals surface area contributed by atoms with Crippen molar-refractivity contribution in [2.45, 2.75) is 53.1 Å². The van der Waals surface area contributed by atoms with Gasteiger partial charge in [-0.1, -0.05) is 20.8 Å². The Morgan fingerprint density at radius 3 is 2.82 bits per heavy atom. The van der Waals surface area contributed by atoms with E-state index in [0.717, 1.165) is 25.2 Å². The summed E-state index contributed by atoms with van der Waals surface area (Å²) in [6.07, 6.45) is 4.49. The van der Waals surface area contributed by atoms with E-state index in [-0.39, 0.29) is 12.4 Å². The molecule has 1 aliphatic rings. The van der Waals surface area contributed by atoms with Gasteiger partial charge in [0, 0.05) is 31.7 Å². The van der Waals surface area contributed by atoms with E-state index in [4.69, 9.17) is 0 Å². The van der Waals surface area contributed by atoms with Crippen molar-refractivity contribution in [3.8, 4) is 0 Å². The van der Waals surface area contributed by atoms with Crippen LogP contribution in [0.3, 0.4) is 0 Å². The first-order valence-corrected chi connectivity index (χ1v) is 6.20. The average molecular weight is 258 g/mol. The molecule has 0 amide bonds. The molecule has 1 N–H and O–H groups in total. The molecule has 1 atom stereocenters. The summed E-state index contributed by atoms with van der Waals surface area (Å²) in [7, 11) is 0. The lowest BCUT2D eigenvalue weighted by molar-refractivity contribution is 0.309. The molecule has 2 heterocycles. The highest BCUT2D eigenvalue weighted by molar-refractivity contribution is 5.85. The highest BCUT2D eigenvalue weighted by atomic mass is 35.5. The second kappa shape index (κ2) is 5.40. The van der Waals surface area contributed by atoms with Gasteiger partial charge in [-0.05, 0) is 18.8 Å². The number of halogens is 1. The third kappa shape index (κ3) is 4.00. The van der Waals surface area contributed by atoms with Crippen LogP contribution >= 0.6 is 12.4 Å². The zero-order valence-electron chi connectivity index (χ0n) is 11.3. The van der Waals surface area contributed by atoms with E-state index in [9.17, 15) is 0 Å². The minimum absolute atomic E-state index is 0. The smallest absolute Gasteiger partial charge is 0.109 e. The van der Waals surface area contributed by atoms with Crippen molar-refractivity contribution in [1.82, 2.24) is 14.9 Å². The maximum absolute atomic E-state index is 4.53. The Kier molecular flexibility index (Phi) is 4.62. The average Bonchev–Trinajstić information content (AvgIpc) is 2.52. The Labute approximate surface area is 110 Å². The van der Waals surface area contributed by atoms with Crippen molar-refractivity contribution >= 4 is 12.4 Å². The molecular formula is C13H24ClN3. The van der Waals surface area contributed by atoms with E-state index in [0.29, 0.717) is 11.5 Å². The molecular weight excluding hydrogens is 234 g/mol. The molecule has 0 aliphatic carbocycles. The van der Waals surface area contributed by atoms with Crippen molar-refractivity contribution < 1.29 is 0 Å². The highest BCUT2D eigenvalue weighted by Crippen LogP contribution is 2.17. The Balaban J connectivity index is 0.00000144. The Morgan fingerprint density at radius 1 is 1.47 bits per heavy atom. The molecule has 3 nitrogen and oxygen atoms in total. The highest BCUT2D eigenvalue weighted by Gasteiger charge is 2.20. The van der Waals surface area contributed by atoms with E-state index in [2.05, 4.69) is 48.8 Å². The molecule has 0 saturated carbocycles. The Morgan fingerprint density at radius 2 is 2.18 bits per heavy atom. The van der Waals surface area contributed by atoms with Gasteiger partial charge in [0.25, 0.3) is 0 Å². The van der Waals surface area contributed by atoms with Crippen LogP contribution in [0.25, 0.3) is 0 Å². The van der Waals surface area contributed by atoms with Crippen LogP contribution in [0.1, 0.15) is 38.7 Å². The third-order valence-electron chi connectivity index (χ3n) is 3.03. The topological polar surface area (TPSA) is 29.9 Å². The van der Waals surface area contributed by atoms with E-state index in [1.807, 2.05) is 0 Å². The second-order valence-corrected chi connectivity index (χ2v) is 6.13. The normalized spacial score (nSPS) is 19.6. The fourth-order valence-electron chi connectivity index (χ4n) is 2.20. The van der Waals surface area contributed by atoms with Crippen LogP contribution in [0, 0.1) is 12.3 Å². The number of nitrogens with one attached hydrogen (secondary N) is 1. The monoisotopic (exact) mass is 257 g/mol. The maximum Gasteiger partial charge on any atom is 0.109 e. The minimum Gasteiger partial charge on any atom is -0.333 e. The molecule has 1 aromatic rings. The van der Waals surface area contributed by atoms with Gasteiger partial charge in [0.2, 0.25) is 0 Å². The van der Waals surface area contributed by atoms with Gasteiger partial charge in [-0.25, -0.2) is 4.98 Å². The van der Waals surface area contributed by atoms with Gasteiger partial charge in [0.15, 0.2) is 0 Å². The zero-order chi connectivity index (χ0) is 11.8. The molecule has 0 aromatic carbocycles. The van der Waals surface area contributed by atoms with Gasteiger partial charge in [0.05, 0.1) is 5.69 Å². The first-order chi connectivity index (χ1) is 7.44. The lowest BCUT2D eigenvalue weighted by atomic mass is 9.96. The summed E-state index contributed by atoms with van der Waals surface area (Å²) in [4.78, 5) is 4.53. The molecule has 0 spiro atoms. The molecule has 0 saturated heterocycles. The fourth-order valence-corrected chi connectivity index (χ4v) is 2.20. The quantitative estimate of drug-likeness (QED) is 0.883. The molecule has 17 heavy (non-hydrogen) atoms. The number of hydrogen-bond donors (Lipinski definition) is 1. The van der Waals surface area contributed by atoms with Crippen LogP contribution in [0.2, 0.25) is 0 Å².